The second-order valence-corrected chi connectivity index (χ2v) is 6.84. The van der Waals surface area contributed by atoms with Gasteiger partial charge in [-0.2, -0.15) is 0 Å². The summed E-state index contributed by atoms with van der Waals surface area (Å²) >= 11 is 0. The fourth-order valence-electron chi connectivity index (χ4n) is 3.46. The highest BCUT2D eigenvalue weighted by Crippen LogP contribution is 2.40. The smallest absolute Gasteiger partial charge is 0.323 e. The Balaban J connectivity index is 2.12. The zero-order chi connectivity index (χ0) is 23.1. The molecule has 2 N–H and O–H groups in total. The molecule has 3 aromatic rings. The normalized spacial score (nSPS) is 10.7. The molecule has 0 aliphatic carbocycles. The number of nitro benzene ring substituents is 1. The molecule has 0 radical (unpaired) electrons. The summed E-state index contributed by atoms with van der Waals surface area (Å²) < 4.78 is 15.8. The topological polar surface area (TPSA) is 136 Å². The highest BCUT2D eigenvalue weighted by Gasteiger charge is 2.28. The van der Waals surface area contributed by atoms with Crippen LogP contribution in [0.1, 0.15) is 12.0 Å². The Labute approximate surface area is 184 Å². The lowest BCUT2D eigenvalue weighted by molar-refractivity contribution is -0.382. The van der Waals surface area contributed by atoms with E-state index in [1.165, 1.54) is 0 Å². The van der Waals surface area contributed by atoms with Gasteiger partial charge in [0.25, 0.3) is 0 Å². The van der Waals surface area contributed by atoms with Gasteiger partial charge in [0.1, 0.15) is 5.69 Å². The molecule has 0 saturated carbocycles. The molecule has 11 nitrogen and oxygen atoms in total. The Morgan fingerprint density at radius 2 is 2.09 bits per heavy atom. The van der Waals surface area contributed by atoms with Gasteiger partial charge >= 0.3 is 5.69 Å². The number of ether oxygens (including phenoxy) is 2. The molecule has 1 heterocycles. The molecule has 0 saturated heterocycles. The number of rotatable bonds is 12. The molecule has 11 heteroatoms. The van der Waals surface area contributed by atoms with Gasteiger partial charge in [0.15, 0.2) is 17.0 Å². The van der Waals surface area contributed by atoms with E-state index in [2.05, 4.69) is 22.2 Å². The Morgan fingerprint density at radius 3 is 2.75 bits per heavy atom. The maximum Gasteiger partial charge on any atom is 0.323 e. The molecule has 0 unspecified atom stereocenters. The van der Waals surface area contributed by atoms with Gasteiger partial charge in [-0.15, -0.1) is 6.58 Å². The maximum atomic E-state index is 11.8. The Bertz CT molecular complexity index is 1100. The van der Waals surface area contributed by atoms with Crippen molar-refractivity contribution >= 4 is 28.1 Å². The number of anilines is 2. The van der Waals surface area contributed by atoms with Crippen LogP contribution in [0.2, 0.25) is 0 Å². The lowest BCUT2D eigenvalue weighted by Gasteiger charge is -2.25. The highest BCUT2D eigenvalue weighted by atomic mass is 16.6. The predicted octanol–water partition coefficient (Wildman–Crippen LogP) is 3.14. The van der Waals surface area contributed by atoms with Gasteiger partial charge in [0.05, 0.1) is 24.8 Å². The minimum atomic E-state index is -0.527. The predicted molar refractivity (Wildman–Crippen MR) is 119 cm³/mol. The number of benzene rings is 2. The fraction of sp³-hybridized carbons (Fsp3) is 0.333. The molecule has 0 amide bonds. The van der Waals surface area contributed by atoms with Crippen LogP contribution in [-0.2, 0) is 6.54 Å². The second kappa shape index (κ2) is 10.4. The summed E-state index contributed by atoms with van der Waals surface area (Å²) in [4.78, 5) is 13.2. The van der Waals surface area contributed by atoms with Crippen molar-refractivity contribution in [3.63, 3.8) is 0 Å². The van der Waals surface area contributed by atoms with Crippen LogP contribution in [0.15, 0.2) is 41.5 Å². The van der Waals surface area contributed by atoms with Crippen molar-refractivity contribution in [3.05, 3.63) is 52.6 Å². The first-order chi connectivity index (χ1) is 15.5. The summed E-state index contributed by atoms with van der Waals surface area (Å²) in [5, 5.41) is 31.6. The van der Waals surface area contributed by atoms with Crippen molar-refractivity contribution in [2.75, 3.05) is 44.1 Å². The van der Waals surface area contributed by atoms with E-state index in [0.717, 1.165) is 5.56 Å². The van der Waals surface area contributed by atoms with Crippen LogP contribution in [0.5, 0.6) is 11.5 Å². The standard InChI is InChI=1S/C21H25N5O6/c1-4-10-25(13-14-7-5-8-17(30-2)21(14)31-3)16-12-15(22-9-6-11-27)20(26(28)29)19-18(16)23-32-24-19/h4-5,7-8,12,22,27H,1,6,9-11,13H2,2-3H3. The SMILES string of the molecule is C=CCN(Cc1cccc(OC)c1OC)c1cc(NCCCO)c([N+](=O)[O-])c2nonc12. The van der Waals surface area contributed by atoms with Gasteiger partial charge in [-0.3, -0.25) is 10.1 Å². The van der Waals surface area contributed by atoms with Gasteiger partial charge in [0.2, 0.25) is 5.52 Å². The summed E-state index contributed by atoms with van der Waals surface area (Å²) in [7, 11) is 3.13. The molecule has 0 aliphatic rings. The molecule has 0 spiro atoms. The van der Waals surface area contributed by atoms with E-state index in [-0.39, 0.29) is 29.0 Å². The van der Waals surface area contributed by atoms with E-state index in [9.17, 15) is 10.1 Å². The van der Waals surface area contributed by atoms with Gasteiger partial charge in [-0.25, -0.2) is 4.63 Å². The minimum absolute atomic E-state index is 0.0330. The van der Waals surface area contributed by atoms with Crippen LogP contribution >= 0.6 is 0 Å². The Kier molecular flexibility index (Phi) is 7.45. The van der Waals surface area contributed by atoms with Crippen LogP contribution in [-0.4, -0.2) is 54.3 Å². The molecule has 0 fully saturated rings. The summed E-state index contributed by atoms with van der Waals surface area (Å²) in [5.41, 5.74) is 1.72. The maximum absolute atomic E-state index is 11.8. The number of aliphatic hydroxyl groups excluding tert-OH is 1. The zero-order valence-corrected chi connectivity index (χ0v) is 17.9. The number of nitrogens with zero attached hydrogens (tertiary/aromatic N) is 4. The molecule has 1 aromatic heterocycles. The molecule has 32 heavy (non-hydrogen) atoms. The molecule has 2 aromatic carbocycles. The average Bonchev–Trinajstić information content (AvgIpc) is 3.27. The van der Waals surface area contributed by atoms with Crippen molar-refractivity contribution in [1.29, 1.82) is 0 Å². The largest absolute Gasteiger partial charge is 0.493 e. The van der Waals surface area contributed by atoms with Crippen molar-refractivity contribution in [3.8, 4) is 11.5 Å². The fourth-order valence-corrected chi connectivity index (χ4v) is 3.46. The number of nitrogens with one attached hydrogen (secondary N) is 1. The summed E-state index contributed by atoms with van der Waals surface area (Å²) in [5.74, 6) is 1.17. The van der Waals surface area contributed by atoms with Crippen molar-refractivity contribution in [2.45, 2.75) is 13.0 Å². The first-order valence-corrected chi connectivity index (χ1v) is 9.89. The van der Waals surface area contributed by atoms with E-state index in [0.29, 0.717) is 43.2 Å². The van der Waals surface area contributed by atoms with E-state index in [4.69, 9.17) is 19.2 Å². The van der Waals surface area contributed by atoms with Crippen LogP contribution < -0.4 is 19.7 Å². The average molecular weight is 443 g/mol. The van der Waals surface area contributed by atoms with Crippen LogP contribution in [0.25, 0.3) is 11.0 Å². The Hall–Kier alpha value is -3.86. The third-order valence-corrected chi connectivity index (χ3v) is 4.86. The molecule has 0 aliphatic heterocycles. The molecule has 0 bridgehead atoms. The number of fused-ring (bicyclic) bond motifs is 1. The monoisotopic (exact) mass is 443 g/mol. The van der Waals surface area contributed by atoms with Crippen LogP contribution in [0.4, 0.5) is 17.1 Å². The summed E-state index contributed by atoms with van der Waals surface area (Å²) in [6, 6.07) is 7.20. The first-order valence-electron chi connectivity index (χ1n) is 9.89. The Morgan fingerprint density at radius 1 is 1.31 bits per heavy atom. The third-order valence-electron chi connectivity index (χ3n) is 4.86. The van der Waals surface area contributed by atoms with Crippen LogP contribution in [0.3, 0.4) is 0 Å². The molecular weight excluding hydrogens is 418 g/mol. The van der Waals surface area contributed by atoms with Gasteiger partial charge < -0.3 is 24.8 Å². The number of methoxy groups -OCH3 is 2. The molecular formula is C21H25N5O6. The number of para-hydroxylation sites is 1. The third kappa shape index (κ3) is 4.57. The van der Waals surface area contributed by atoms with E-state index in [1.807, 2.05) is 17.0 Å². The second-order valence-electron chi connectivity index (χ2n) is 6.84. The zero-order valence-electron chi connectivity index (χ0n) is 17.9. The van der Waals surface area contributed by atoms with Crippen molar-refractivity contribution in [1.82, 2.24) is 10.3 Å². The van der Waals surface area contributed by atoms with Crippen LogP contribution in [0, 0.1) is 10.1 Å². The first kappa shape index (κ1) is 22.8. The summed E-state index contributed by atoms with van der Waals surface area (Å²) in [6.45, 7) is 4.93. The number of aliphatic hydroxyl groups is 1. The number of nitro groups is 1. The van der Waals surface area contributed by atoms with Gasteiger partial charge in [0, 0.05) is 31.8 Å². The van der Waals surface area contributed by atoms with E-state index >= 15 is 0 Å². The number of hydrogen-bond donors (Lipinski definition) is 2. The quantitative estimate of drug-likeness (QED) is 0.186. The number of hydrogen-bond acceptors (Lipinski definition) is 10. The number of aromatic nitrogens is 2. The van der Waals surface area contributed by atoms with E-state index in [1.54, 1.807) is 32.4 Å². The van der Waals surface area contributed by atoms with E-state index < -0.39 is 4.92 Å². The molecule has 0 atom stereocenters. The highest BCUT2D eigenvalue weighted by molar-refractivity contribution is 5.99. The minimum Gasteiger partial charge on any atom is -0.493 e. The molecule has 170 valence electrons. The van der Waals surface area contributed by atoms with Gasteiger partial charge in [-0.1, -0.05) is 18.2 Å². The lowest BCUT2D eigenvalue weighted by Crippen LogP contribution is -2.24. The van der Waals surface area contributed by atoms with Crippen molar-refractivity contribution in [2.24, 2.45) is 0 Å². The van der Waals surface area contributed by atoms with Crippen molar-refractivity contribution < 1.29 is 24.1 Å². The molecule has 3 rings (SSSR count). The lowest BCUT2D eigenvalue weighted by atomic mass is 10.1. The van der Waals surface area contributed by atoms with Gasteiger partial charge in [-0.05, 0) is 28.9 Å². The summed E-state index contributed by atoms with van der Waals surface area (Å²) in [6.07, 6.45) is 2.14.